The van der Waals surface area contributed by atoms with Crippen molar-refractivity contribution in [2.45, 2.75) is 26.2 Å². The predicted octanol–water partition coefficient (Wildman–Crippen LogP) is 3.89. The van der Waals surface area contributed by atoms with E-state index in [0.717, 1.165) is 32.0 Å². The molecule has 0 radical (unpaired) electrons. The van der Waals surface area contributed by atoms with Gasteiger partial charge in [0.15, 0.2) is 0 Å². The first-order chi connectivity index (χ1) is 12.5. The van der Waals surface area contributed by atoms with E-state index in [0.29, 0.717) is 35.8 Å². The Labute approximate surface area is 152 Å². The van der Waals surface area contributed by atoms with Gasteiger partial charge >= 0.3 is 0 Å². The lowest BCUT2D eigenvalue weighted by Crippen LogP contribution is -2.37. The molecule has 0 unspecified atom stereocenters. The molecule has 3 rings (SSSR count). The Hall–Kier alpha value is -2.50. The number of aromatic nitrogens is 1. The van der Waals surface area contributed by atoms with Crippen molar-refractivity contribution in [1.29, 1.82) is 0 Å². The number of halogens is 2. The first-order valence-corrected chi connectivity index (χ1v) is 8.96. The van der Waals surface area contributed by atoms with Crippen molar-refractivity contribution in [2.75, 3.05) is 25.0 Å². The van der Waals surface area contributed by atoms with E-state index >= 15 is 0 Å². The van der Waals surface area contributed by atoms with E-state index in [4.69, 9.17) is 0 Å². The number of anilines is 1. The van der Waals surface area contributed by atoms with Gasteiger partial charge in [0, 0.05) is 31.9 Å². The van der Waals surface area contributed by atoms with Crippen molar-refractivity contribution in [3.63, 3.8) is 0 Å². The average molecular weight is 359 g/mol. The molecule has 2 heterocycles. The van der Waals surface area contributed by atoms with E-state index in [1.807, 2.05) is 4.90 Å². The highest BCUT2D eigenvalue weighted by atomic mass is 19.1. The molecular weight excluding hydrogens is 336 g/mol. The number of likely N-dealkylation sites (tertiary alicyclic amines) is 1. The topological polar surface area (TPSA) is 45.2 Å². The van der Waals surface area contributed by atoms with Gasteiger partial charge in [-0.05, 0) is 48.9 Å². The Bertz CT molecular complexity index is 756. The quantitative estimate of drug-likeness (QED) is 0.881. The normalized spacial score (nSPS) is 15.1. The summed E-state index contributed by atoms with van der Waals surface area (Å²) >= 11 is 0. The Morgan fingerprint density at radius 3 is 2.65 bits per heavy atom. The summed E-state index contributed by atoms with van der Waals surface area (Å²) in [5.41, 5.74) is 1.03. The SMILES string of the molecule is CC1CCN(C(=O)c2ccc(NCCc3ccc(F)cc3F)nc2)CC1. The summed E-state index contributed by atoms with van der Waals surface area (Å²) < 4.78 is 26.5. The zero-order valence-electron chi connectivity index (χ0n) is 14.8. The number of hydrogen-bond acceptors (Lipinski definition) is 3. The van der Waals surface area contributed by atoms with Crippen LogP contribution in [0.4, 0.5) is 14.6 Å². The largest absolute Gasteiger partial charge is 0.370 e. The Kier molecular flexibility index (Phi) is 5.81. The molecule has 1 saturated heterocycles. The molecule has 1 aromatic heterocycles. The monoisotopic (exact) mass is 359 g/mol. The molecule has 0 bridgehead atoms. The van der Waals surface area contributed by atoms with Crippen LogP contribution in [0.3, 0.4) is 0 Å². The van der Waals surface area contributed by atoms with Gasteiger partial charge in [-0.15, -0.1) is 0 Å². The highest BCUT2D eigenvalue weighted by Crippen LogP contribution is 2.18. The summed E-state index contributed by atoms with van der Waals surface area (Å²) in [6, 6.07) is 7.09. The van der Waals surface area contributed by atoms with Crippen molar-refractivity contribution >= 4 is 11.7 Å². The number of rotatable bonds is 5. The minimum absolute atomic E-state index is 0.0179. The van der Waals surface area contributed by atoms with Crippen LogP contribution in [0.5, 0.6) is 0 Å². The number of amides is 1. The van der Waals surface area contributed by atoms with Crippen LogP contribution in [0.25, 0.3) is 0 Å². The third-order valence-electron chi connectivity index (χ3n) is 4.80. The van der Waals surface area contributed by atoms with Gasteiger partial charge in [0.05, 0.1) is 5.56 Å². The first kappa shape index (κ1) is 18.3. The van der Waals surface area contributed by atoms with E-state index in [1.165, 1.54) is 12.1 Å². The smallest absolute Gasteiger partial charge is 0.255 e. The van der Waals surface area contributed by atoms with Gasteiger partial charge in [-0.3, -0.25) is 4.79 Å². The zero-order chi connectivity index (χ0) is 18.5. The molecular formula is C20H23F2N3O. The molecule has 1 amide bonds. The molecule has 6 heteroatoms. The van der Waals surface area contributed by atoms with Crippen molar-refractivity contribution in [2.24, 2.45) is 5.92 Å². The first-order valence-electron chi connectivity index (χ1n) is 8.96. The maximum atomic E-state index is 13.6. The Morgan fingerprint density at radius 2 is 2.00 bits per heavy atom. The van der Waals surface area contributed by atoms with E-state index in [-0.39, 0.29) is 5.91 Å². The molecule has 0 aliphatic carbocycles. The van der Waals surface area contributed by atoms with Crippen LogP contribution < -0.4 is 5.32 Å². The van der Waals surface area contributed by atoms with Gasteiger partial charge in [0.2, 0.25) is 0 Å². The summed E-state index contributed by atoms with van der Waals surface area (Å²) in [7, 11) is 0. The third kappa shape index (κ3) is 4.56. The molecule has 26 heavy (non-hydrogen) atoms. The van der Waals surface area contributed by atoms with Crippen molar-refractivity contribution in [3.8, 4) is 0 Å². The molecule has 1 aliphatic heterocycles. The number of carbonyl (C=O) groups excluding carboxylic acids is 1. The van der Waals surface area contributed by atoms with E-state index in [9.17, 15) is 13.6 Å². The second-order valence-electron chi connectivity index (χ2n) is 6.82. The van der Waals surface area contributed by atoms with E-state index in [2.05, 4.69) is 17.2 Å². The average Bonchev–Trinajstić information content (AvgIpc) is 2.64. The highest BCUT2D eigenvalue weighted by Gasteiger charge is 2.21. The Morgan fingerprint density at radius 1 is 1.23 bits per heavy atom. The van der Waals surface area contributed by atoms with Crippen molar-refractivity contribution < 1.29 is 13.6 Å². The second kappa shape index (κ2) is 8.25. The van der Waals surface area contributed by atoms with Gasteiger partial charge in [0.1, 0.15) is 17.5 Å². The molecule has 1 aliphatic rings. The number of hydrogen-bond donors (Lipinski definition) is 1. The van der Waals surface area contributed by atoms with Crippen LogP contribution in [0.15, 0.2) is 36.5 Å². The van der Waals surface area contributed by atoms with Crippen molar-refractivity contribution in [1.82, 2.24) is 9.88 Å². The standard InChI is InChI=1S/C20H23F2N3O/c1-14-7-10-25(11-8-14)20(26)16-3-5-19(24-13-16)23-9-6-15-2-4-17(21)12-18(15)22/h2-5,12-14H,6-11H2,1H3,(H,23,24). The lowest BCUT2D eigenvalue weighted by Gasteiger charge is -2.30. The fourth-order valence-corrected chi connectivity index (χ4v) is 3.07. The van der Waals surface area contributed by atoms with Crippen LogP contribution in [-0.4, -0.2) is 35.4 Å². The van der Waals surface area contributed by atoms with Gasteiger partial charge < -0.3 is 10.2 Å². The molecule has 0 saturated carbocycles. The van der Waals surface area contributed by atoms with Crippen molar-refractivity contribution in [3.05, 3.63) is 59.3 Å². The van der Waals surface area contributed by atoms with Crippen LogP contribution >= 0.6 is 0 Å². The second-order valence-corrected chi connectivity index (χ2v) is 6.82. The van der Waals surface area contributed by atoms with Gasteiger partial charge in [0.25, 0.3) is 5.91 Å². The van der Waals surface area contributed by atoms with Gasteiger partial charge in [-0.2, -0.15) is 0 Å². The summed E-state index contributed by atoms with van der Waals surface area (Å²) in [5, 5.41) is 3.09. The van der Waals surface area contributed by atoms with E-state index in [1.54, 1.807) is 18.3 Å². The Balaban J connectivity index is 1.52. The summed E-state index contributed by atoms with van der Waals surface area (Å²) in [6.45, 7) is 4.26. The maximum Gasteiger partial charge on any atom is 0.255 e. The minimum Gasteiger partial charge on any atom is -0.370 e. The lowest BCUT2D eigenvalue weighted by molar-refractivity contribution is 0.0697. The van der Waals surface area contributed by atoms with Crippen LogP contribution in [0.1, 0.15) is 35.7 Å². The van der Waals surface area contributed by atoms with Crippen LogP contribution in [0, 0.1) is 17.6 Å². The maximum absolute atomic E-state index is 13.6. The molecule has 0 spiro atoms. The molecule has 0 atom stereocenters. The molecule has 4 nitrogen and oxygen atoms in total. The molecule has 1 fully saturated rings. The summed E-state index contributed by atoms with van der Waals surface area (Å²) in [4.78, 5) is 18.6. The number of pyridine rings is 1. The molecule has 1 N–H and O–H groups in total. The number of carbonyl (C=O) groups is 1. The highest BCUT2D eigenvalue weighted by molar-refractivity contribution is 5.94. The molecule has 2 aromatic rings. The number of nitrogens with one attached hydrogen (secondary N) is 1. The van der Waals surface area contributed by atoms with Gasteiger partial charge in [-0.1, -0.05) is 13.0 Å². The number of piperidine rings is 1. The summed E-state index contributed by atoms with van der Waals surface area (Å²) in [5.74, 6) is 0.191. The molecule has 1 aromatic carbocycles. The fraction of sp³-hybridized carbons (Fsp3) is 0.400. The fourth-order valence-electron chi connectivity index (χ4n) is 3.07. The van der Waals surface area contributed by atoms with Gasteiger partial charge in [-0.25, -0.2) is 13.8 Å². The minimum atomic E-state index is -0.579. The van der Waals surface area contributed by atoms with Crippen LogP contribution in [-0.2, 0) is 6.42 Å². The number of nitrogens with zero attached hydrogens (tertiary/aromatic N) is 2. The lowest BCUT2D eigenvalue weighted by atomic mass is 9.99. The van der Waals surface area contributed by atoms with E-state index < -0.39 is 11.6 Å². The van der Waals surface area contributed by atoms with Crippen LogP contribution in [0.2, 0.25) is 0 Å². The third-order valence-corrected chi connectivity index (χ3v) is 4.80. The zero-order valence-corrected chi connectivity index (χ0v) is 14.8. The predicted molar refractivity (Wildman–Crippen MR) is 97.1 cm³/mol. The number of benzene rings is 1. The summed E-state index contributed by atoms with van der Waals surface area (Å²) in [6.07, 6.45) is 4.07. The molecule has 138 valence electrons.